The summed E-state index contributed by atoms with van der Waals surface area (Å²) in [5.74, 6) is 0.549. The van der Waals surface area contributed by atoms with Crippen molar-refractivity contribution < 1.29 is 18.6 Å². The fourth-order valence-corrected chi connectivity index (χ4v) is 4.52. The van der Waals surface area contributed by atoms with Gasteiger partial charge in [-0.3, -0.25) is 0 Å². The molecular formula is C13H26O4S. The van der Waals surface area contributed by atoms with Crippen LogP contribution in [-0.4, -0.2) is 43.4 Å². The summed E-state index contributed by atoms with van der Waals surface area (Å²) < 4.78 is 23.5. The second kappa shape index (κ2) is 6.87. The molecule has 0 aromatic rings. The average molecular weight is 278 g/mol. The summed E-state index contributed by atoms with van der Waals surface area (Å²) in [4.78, 5) is 0. The van der Waals surface area contributed by atoms with Crippen molar-refractivity contribution in [2.45, 2.75) is 45.4 Å². The minimum absolute atomic E-state index is 0.0818. The van der Waals surface area contributed by atoms with Crippen LogP contribution in [0.25, 0.3) is 0 Å². The molecule has 0 radical (unpaired) electrons. The monoisotopic (exact) mass is 278 g/mol. The van der Waals surface area contributed by atoms with Gasteiger partial charge in [-0.15, -0.1) is 0 Å². The van der Waals surface area contributed by atoms with E-state index in [1.807, 2.05) is 6.92 Å². The Morgan fingerprint density at radius 2 is 1.67 bits per heavy atom. The minimum Gasteiger partial charge on any atom is -0.396 e. The normalized spacial score (nSPS) is 18.4. The van der Waals surface area contributed by atoms with E-state index < -0.39 is 15.3 Å². The predicted octanol–water partition coefficient (Wildman–Crippen LogP) is 1.36. The molecule has 2 N–H and O–H groups in total. The van der Waals surface area contributed by atoms with Gasteiger partial charge in [0.05, 0.1) is 19.0 Å². The summed E-state index contributed by atoms with van der Waals surface area (Å²) in [6.07, 6.45) is 5.23. The predicted molar refractivity (Wildman–Crippen MR) is 72.1 cm³/mol. The van der Waals surface area contributed by atoms with Gasteiger partial charge < -0.3 is 10.2 Å². The first-order chi connectivity index (χ1) is 8.49. The number of hydrogen-bond acceptors (Lipinski definition) is 4. The van der Waals surface area contributed by atoms with E-state index in [1.165, 1.54) is 0 Å². The van der Waals surface area contributed by atoms with Crippen LogP contribution in [0.15, 0.2) is 0 Å². The van der Waals surface area contributed by atoms with Crippen molar-refractivity contribution in [1.82, 2.24) is 0 Å². The lowest BCUT2D eigenvalue weighted by Crippen LogP contribution is -2.39. The van der Waals surface area contributed by atoms with E-state index in [9.17, 15) is 18.6 Å². The van der Waals surface area contributed by atoms with Gasteiger partial charge in [0, 0.05) is 11.2 Å². The van der Waals surface area contributed by atoms with Gasteiger partial charge in [-0.2, -0.15) is 0 Å². The Bertz CT molecular complexity index is 327. The van der Waals surface area contributed by atoms with E-state index in [1.54, 1.807) is 0 Å². The van der Waals surface area contributed by atoms with Crippen molar-refractivity contribution in [1.29, 1.82) is 0 Å². The van der Waals surface area contributed by atoms with E-state index >= 15 is 0 Å². The molecule has 0 aliphatic heterocycles. The molecule has 1 fully saturated rings. The minimum atomic E-state index is -3.04. The molecule has 18 heavy (non-hydrogen) atoms. The lowest BCUT2D eigenvalue weighted by Gasteiger charge is -2.36. The first-order valence-corrected chi connectivity index (χ1v) is 8.74. The van der Waals surface area contributed by atoms with E-state index in [2.05, 4.69) is 0 Å². The van der Waals surface area contributed by atoms with E-state index in [0.717, 1.165) is 25.7 Å². The average Bonchev–Trinajstić information content (AvgIpc) is 2.85. The highest BCUT2D eigenvalue weighted by Crippen LogP contribution is 2.42. The van der Waals surface area contributed by atoms with Gasteiger partial charge in [0.1, 0.15) is 9.84 Å². The Labute approximate surface area is 110 Å². The summed E-state index contributed by atoms with van der Waals surface area (Å²) in [7, 11) is -3.04. The molecule has 1 aliphatic carbocycles. The molecule has 0 aromatic carbocycles. The molecule has 0 spiro atoms. The van der Waals surface area contributed by atoms with Gasteiger partial charge in [0.25, 0.3) is 0 Å². The van der Waals surface area contributed by atoms with Crippen molar-refractivity contribution in [3.63, 3.8) is 0 Å². The molecular weight excluding hydrogens is 252 g/mol. The van der Waals surface area contributed by atoms with E-state index in [4.69, 9.17) is 0 Å². The number of aliphatic hydroxyl groups is 2. The topological polar surface area (TPSA) is 74.6 Å². The third kappa shape index (κ3) is 3.93. The summed E-state index contributed by atoms with van der Waals surface area (Å²) in [6, 6.07) is 0. The number of hydrogen-bond donors (Lipinski definition) is 2. The molecule has 1 rings (SSSR count). The molecule has 0 heterocycles. The summed E-state index contributed by atoms with van der Waals surface area (Å²) in [6.45, 7) is 1.62. The number of sulfone groups is 1. The third-order valence-electron chi connectivity index (χ3n) is 4.28. The second-order valence-corrected chi connectivity index (χ2v) is 7.87. The Morgan fingerprint density at radius 3 is 2.11 bits per heavy atom. The van der Waals surface area contributed by atoms with Gasteiger partial charge in [0.15, 0.2) is 0 Å². The number of rotatable bonds is 8. The molecule has 0 amide bonds. The van der Waals surface area contributed by atoms with Crippen LogP contribution >= 0.6 is 0 Å². The fraction of sp³-hybridized carbons (Fsp3) is 1.00. The molecule has 0 aromatic heterocycles. The molecule has 1 saturated carbocycles. The Hall–Kier alpha value is -0.130. The van der Waals surface area contributed by atoms with Crippen LogP contribution in [-0.2, 0) is 9.84 Å². The maximum Gasteiger partial charge on any atom is 0.150 e. The molecule has 0 unspecified atom stereocenters. The highest BCUT2D eigenvalue weighted by Gasteiger charge is 2.39. The Morgan fingerprint density at radius 1 is 1.11 bits per heavy atom. The van der Waals surface area contributed by atoms with Gasteiger partial charge in [0.2, 0.25) is 0 Å². The van der Waals surface area contributed by atoms with Crippen molar-refractivity contribution >= 4 is 9.84 Å². The summed E-state index contributed by atoms with van der Waals surface area (Å²) in [5.41, 5.74) is -0.600. The summed E-state index contributed by atoms with van der Waals surface area (Å²) in [5, 5.41) is 19.2. The van der Waals surface area contributed by atoms with Crippen molar-refractivity contribution in [2.75, 3.05) is 24.7 Å². The standard InChI is InChI=1S/C13H26O4S/c1-2-8-18(16,17)9-7-13(10-14,11-15)12-5-3-4-6-12/h12,14-15H,2-11H2,1H3. The quantitative estimate of drug-likeness (QED) is 0.703. The molecule has 108 valence electrons. The second-order valence-electron chi connectivity index (χ2n) is 5.56. The van der Waals surface area contributed by atoms with E-state index in [-0.39, 0.29) is 30.6 Å². The fourth-order valence-electron chi connectivity index (χ4n) is 2.98. The van der Waals surface area contributed by atoms with Crippen LogP contribution in [0.4, 0.5) is 0 Å². The van der Waals surface area contributed by atoms with Crippen LogP contribution < -0.4 is 0 Å². The van der Waals surface area contributed by atoms with Crippen LogP contribution in [0.1, 0.15) is 45.4 Å². The van der Waals surface area contributed by atoms with Crippen LogP contribution in [0, 0.1) is 11.3 Å². The van der Waals surface area contributed by atoms with Gasteiger partial charge in [-0.05, 0) is 31.6 Å². The maximum absolute atomic E-state index is 11.8. The lowest BCUT2D eigenvalue weighted by atomic mass is 9.73. The molecule has 0 atom stereocenters. The van der Waals surface area contributed by atoms with Crippen LogP contribution in [0.3, 0.4) is 0 Å². The zero-order valence-corrected chi connectivity index (χ0v) is 12.1. The molecule has 0 saturated heterocycles. The third-order valence-corrected chi connectivity index (χ3v) is 6.13. The highest BCUT2D eigenvalue weighted by molar-refractivity contribution is 7.91. The molecule has 4 nitrogen and oxygen atoms in total. The first kappa shape index (κ1) is 15.9. The largest absolute Gasteiger partial charge is 0.396 e. The zero-order chi connectivity index (χ0) is 13.6. The van der Waals surface area contributed by atoms with Crippen molar-refractivity contribution in [3.8, 4) is 0 Å². The number of aliphatic hydroxyl groups excluding tert-OH is 2. The van der Waals surface area contributed by atoms with Gasteiger partial charge >= 0.3 is 0 Å². The zero-order valence-electron chi connectivity index (χ0n) is 11.3. The van der Waals surface area contributed by atoms with E-state index in [0.29, 0.717) is 12.8 Å². The van der Waals surface area contributed by atoms with Gasteiger partial charge in [-0.1, -0.05) is 19.8 Å². The molecule has 1 aliphatic rings. The van der Waals surface area contributed by atoms with Crippen LogP contribution in [0.2, 0.25) is 0 Å². The lowest BCUT2D eigenvalue weighted by molar-refractivity contribution is 0.00306. The Balaban J connectivity index is 2.68. The van der Waals surface area contributed by atoms with Crippen LogP contribution in [0.5, 0.6) is 0 Å². The smallest absolute Gasteiger partial charge is 0.150 e. The Kier molecular flexibility index (Phi) is 6.08. The maximum atomic E-state index is 11.8. The molecule has 0 bridgehead atoms. The highest BCUT2D eigenvalue weighted by atomic mass is 32.2. The summed E-state index contributed by atoms with van der Waals surface area (Å²) >= 11 is 0. The van der Waals surface area contributed by atoms with Gasteiger partial charge in [-0.25, -0.2) is 8.42 Å². The molecule has 5 heteroatoms. The van der Waals surface area contributed by atoms with Crippen molar-refractivity contribution in [2.24, 2.45) is 11.3 Å². The SMILES string of the molecule is CCCS(=O)(=O)CCC(CO)(CO)C1CCCC1. The van der Waals surface area contributed by atoms with Crippen molar-refractivity contribution in [3.05, 3.63) is 0 Å². The first-order valence-electron chi connectivity index (χ1n) is 6.92.